The predicted octanol–water partition coefficient (Wildman–Crippen LogP) is 4.50. The van der Waals surface area contributed by atoms with Crippen LogP contribution in [0.1, 0.15) is 44.8 Å². The van der Waals surface area contributed by atoms with Crippen LogP contribution in [0.2, 0.25) is 0 Å². The van der Waals surface area contributed by atoms with E-state index in [9.17, 15) is 4.79 Å². The molecule has 1 aromatic rings. The molecule has 4 heteroatoms. The summed E-state index contributed by atoms with van der Waals surface area (Å²) in [5.41, 5.74) is 5.81. The Bertz CT molecular complexity index is 381. The number of nitrogens with two attached hydrogens (primary N) is 1. The third kappa shape index (κ3) is 9.50. The molecule has 2 atom stereocenters. The molecule has 2 N–H and O–H groups in total. The van der Waals surface area contributed by atoms with Crippen LogP contribution in [0.5, 0.6) is 0 Å². The van der Waals surface area contributed by atoms with E-state index in [0.717, 1.165) is 18.4 Å². The Balaban J connectivity index is 0.000000396. The van der Waals surface area contributed by atoms with Crippen LogP contribution in [-0.2, 0) is 4.74 Å². The summed E-state index contributed by atoms with van der Waals surface area (Å²) in [5, 5.41) is 0.577. The van der Waals surface area contributed by atoms with Crippen molar-refractivity contribution >= 4 is 18.7 Å². The van der Waals surface area contributed by atoms with Crippen molar-refractivity contribution < 1.29 is 9.53 Å². The molecule has 0 radical (unpaired) electrons. The molecule has 0 aliphatic rings. The molecule has 0 aliphatic heterocycles. The van der Waals surface area contributed by atoms with Crippen molar-refractivity contribution in [3.63, 3.8) is 0 Å². The number of carbonyl (C=O) groups is 1. The van der Waals surface area contributed by atoms with E-state index in [0.29, 0.717) is 5.25 Å². The number of benzene rings is 1. The number of ether oxygens (including phenoxy) is 1. The minimum absolute atomic E-state index is 0.274. The van der Waals surface area contributed by atoms with Crippen LogP contribution in [-0.4, -0.2) is 11.3 Å². The molecular weight excluding hydrogens is 270 g/mol. The van der Waals surface area contributed by atoms with E-state index in [4.69, 9.17) is 10.5 Å². The lowest BCUT2D eigenvalue weighted by atomic mass is 10.1. The number of hydrogen-bond acceptors (Lipinski definition) is 3. The van der Waals surface area contributed by atoms with E-state index >= 15 is 0 Å². The lowest BCUT2D eigenvalue weighted by Gasteiger charge is -2.10. The number of rotatable bonds is 6. The molecule has 112 valence electrons. The van der Waals surface area contributed by atoms with E-state index in [1.165, 1.54) is 6.42 Å². The van der Waals surface area contributed by atoms with Gasteiger partial charge >= 0.3 is 6.09 Å². The number of primary amides is 1. The average molecular weight is 295 g/mol. The lowest BCUT2D eigenvalue weighted by Crippen LogP contribution is -2.15. The molecule has 0 heterocycles. The van der Waals surface area contributed by atoms with Gasteiger partial charge in [-0.25, -0.2) is 4.79 Å². The fourth-order valence-corrected chi connectivity index (χ4v) is 1.63. The van der Waals surface area contributed by atoms with Gasteiger partial charge in [0.15, 0.2) is 0 Å². The Hall–Kier alpha value is -1.42. The highest BCUT2D eigenvalue weighted by Gasteiger charge is 2.06. The Labute approximate surface area is 127 Å². The van der Waals surface area contributed by atoms with Crippen molar-refractivity contribution in [3.8, 4) is 0 Å². The van der Waals surface area contributed by atoms with Gasteiger partial charge in [-0.2, -0.15) is 12.6 Å². The zero-order chi connectivity index (χ0) is 15.4. The van der Waals surface area contributed by atoms with Crippen LogP contribution < -0.4 is 5.73 Å². The Morgan fingerprint density at radius 1 is 1.45 bits per heavy atom. The zero-order valence-electron chi connectivity index (χ0n) is 12.3. The van der Waals surface area contributed by atoms with Crippen molar-refractivity contribution in [1.82, 2.24) is 0 Å². The number of allylic oxidation sites excluding steroid dienone is 1. The van der Waals surface area contributed by atoms with Crippen LogP contribution in [0.15, 0.2) is 43.0 Å². The summed E-state index contributed by atoms with van der Waals surface area (Å²) in [6.45, 7) is 7.56. The highest BCUT2D eigenvalue weighted by molar-refractivity contribution is 7.80. The molecule has 0 fully saturated rings. The Morgan fingerprint density at radius 3 is 2.50 bits per heavy atom. The molecule has 2 unspecified atom stereocenters. The van der Waals surface area contributed by atoms with Gasteiger partial charge in [-0.15, -0.1) is 6.58 Å². The summed E-state index contributed by atoms with van der Waals surface area (Å²) in [4.78, 5) is 10.4. The lowest BCUT2D eigenvalue weighted by molar-refractivity contribution is 0.116. The van der Waals surface area contributed by atoms with Gasteiger partial charge in [0, 0.05) is 5.25 Å². The number of hydrogen-bond donors (Lipinski definition) is 2. The van der Waals surface area contributed by atoms with E-state index in [2.05, 4.69) is 26.1 Å². The van der Waals surface area contributed by atoms with Crippen molar-refractivity contribution in [2.24, 2.45) is 5.73 Å². The van der Waals surface area contributed by atoms with E-state index in [1.54, 1.807) is 6.92 Å². The first-order valence-corrected chi connectivity index (χ1v) is 7.32. The third-order valence-corrected chi connectivity index (χ3v) is 3.36. The monoisotopic (exact) mass is 295 g/mol. The second kappa shape index (κ2) is 11.4. The summed E-state index contributed by atoms with van der Waals surface area (Å²) in [6.07, 6.45) is 4.36. The maximum atomic E-state index is 10.4. The molecule has 1 aromatic carbocycles. The van der Waals surface area contributed by atoms with Crippen LogP contribution in [0.25, 0.3) is 0 Å². The van der Waals surface area contributed by atoms with Gasteiger partial charge in [-0.05, 0) is 31.7 Å². The van der Waals surface area contributed by atoms with Gasteiger partial charge in [0.25, 0.3) is 0 Å². The van der Waals surface area contributed by atoms with Crippen molar-refractivity contribution in [1.29, 1.82) is 0 Å². The van der Waals surface area contributed by atoms with E-state index in [-0.39, 0.29) is 6.10 Å². The molecule has 1 amide bonds. The minimum atomic E-state index is -0.744. The summed E-state index contributed by atoms with van der Waals surface area (Å²) in [5.74, 6) is 0. The highest BCUT2D eigenvalue weighted by atomic mass is 32.1. The largest absolute Gasteiger partial charge is 0.442 e. The molecule has 3 nitrogen and oxygen atoms in total. The molecular formula is C16H25NO2S. The molecule has 0 spiro atoms. The molecule has 1 rings (SSSR count). The van der Waals surface area contributed by atoms with Crippen LogP contribution in [0, 0.1) is 0 Å². The van der Waals surface area contributed by atoms with Gasteiger partial charge in [-0.1, -0.05) is 43.3 Å². The predicted molar refractivity (Wildman–Crippen MR) is 88.0 cm³/mol. The third-order valence-electron chi connectivity index (χ3n) is 2.74. The van der Waals surface area contributed by atoms with Gasteiger partial charge in [0.1, 0.15) is 6.10 Å². The summed E-state index contributed by atoms with van der Waals surface area (Å²) in [7, 11) is 0. The SMILES string of the molecule is C=CCCC(S)CC.CC(OC(N)=O)c1ccccc1. The maximum Gasteiger partial charge on any atom is 0.405 e. The zero-order valence-corrected chi connectivity index (χ0v) is 13.2. The first-order chi connectivity index (χ1) is 9.51. The van der Waals surface area contributed by atoms with Crippen LogP contribution in [0.3, 0.4) is 0 Å². The van der Waals surface area contributed by atoms with Crippen LogP contribution in [0.4, 0.5) is 4.79 Å². The standard InChI is InChI=1S/C9H11NO2.C7H14S/c1-7(12-9(10)11)8-5-3-2-4-6-8;1-3-5-6-7(8)4-2/h2-7H,1H3,(H2,10,11);3,7-8H,1,4-6H2,2H3. The molecule has 0 bridgehead atoms. The topological polar surface area (TPSA) is 52.3 Å². The minimum Gasteiger partial charge on any atom is -0.442 e. The smallest absolute Gasteiger partial charge is 0.405 e. The molecule has 0 saturated heterocycles. The summed E-state index contributed by atoms with van der Waals surface area (Å²) >= 11 is 4.32. The first kappa shape index (κ1) is 18.6. The normalized spacial score (nSPS) is 12.6. The summed E-state index contributed by atoms with van der Waals surface area (Å²) in [6, 6.07) is 9.44. The number of carbonyl (C=O) groups excluding carboxylic acids is 1. The molecule has 0 aliphatic carbocycles. The highest BCUT2D eigenvalue weighted by Crippen LogP contribution is 2.15. The van der Waals surface area contributed by atoms with Gasteiger partial charge in [0.05, 0.1) is 0 Å². The van der Waals surface area contributed by atoms with Gasteiger partial charge in [-0.3, -0.25) is 0 Å². The van der Waals surface area contributed by atoms with Crippen molar-refractivity contribution in [2.45, 2.75) is 44.5 Å². The van der Waals surface area contributed by atoms with E-state index < -0.39 is 6.09 Å². The molecule has 0 saturated carbocycles. The maximum absolute atomic E-state index is 10.4. The molecule has 0 aromatic heterocycles. The fraction of sp³-hybridized carbons (Fsp3) is 0.438. The second-order valence-corrected chi connectivity index (χ2v) is 5.15. The first-order valence-electron chi connectivity index (χ1n) is 6.81. The fourth-order valence-electron chi connectivity index (χ4n) is 1.48. The van der Waals surface area contributed by atoms with Crippen molar-refractivity contribution in [3.05, 3.63) is 48.6 Å². The van der Waals surface area contributed by atoms with Crippen LogP contribution >= 0.6 is 12.6 Å². The Kier molecular flexibility index (Phi) is 10.6. The quantitative estimate of drug-likeness (QED) is 0.599. The second-order valence-electron chi connectivity index (χ2n) is 4.42. The average Bonchev–Trinajstić information content (AvgIpc) is 2.45. The molecule has 20 heavy (non-hydrogen) atoms. The van der Waals surface area contributed by atoms with Gasteiger partial charge in [0.2, 0.25) is 0 Å². The van der Waals surface area contributed by atoms with E-state index in [1.807, 2.05) is 36.4 Å². The number of thiol groups is 1. The van der Waals surface area contributed by atoms with Gasteiger partial charge < -0.3 is 10.5 Å². The summed E-state index contributed by atoms with van der Waals surface area (Å²) < 4.78 is 4.78. The van der Waals surface area contributed by atoms with Crippen molar-refractivity contribution in [2.75, 3.05) is 0 Å². The number of amides is 1. The Morgan fingerprint density at radius 2 is 2.05 bits per heavy atom.